The lowest BCUT2D eigenvalue weighted by Gasteiger charge is -2.38. The summed E-state index contributed by atoms with van der Waals surface area (Å²) in [6, 6.07) is 11.4. The number of alkyl halides is 3. The van der Waals surface area contributed by atoms with Gasteiger partial charge in [0, 0.05) is 87.0 Å². The quantitative estimate of drug-likeness (QED) is 0.307. The van der Waals surface area contributed by atoms with Crippen LogP contribution in [-0.4, -0.2) is 105 Å². The Morgan fingerprint density at radius 1 is 1.06 bits per heavy atom. The van der Waals surface area contributed by atoms with E-state index in [1.165, 1.54) is 6.08 Å². The average molecular weight is 676 g/mol. The molecule has 2 amide bonds. The van der Waals surface area contributed by atoms with E-state index in [1.54, 1.807) is 39.6 Å². The first-order valence-corrected chi connectivity index (χ1v) is 16.3. The molecule has 2 N–H and O–H groups in total. The fraction of sp³-hybridized carbons (Fsp3) is 0.419. The number of carbonyl (C=O) groups excluding carboxylic acids is 2. The first kappa shape index (κ1) is 35.3. The van der Waals surface area contributed by atoms with Crippen molar-refractivity contribution in [3.05, 3.63) is 65.6 Å². The maximum absolute atomic E-state index is 12.7. The number of carboxylic acid groups (broad SMARTS) is 1. The van der Waals surface area contributed by atoms with Crippen molar-refractivity contribution in [1.29, 1.82) is 0 Å². The molecule has 252 valence electrons. The summed E-state index contributed by atoms with van der Waals surface area (Å²) in [4.78, 5) is 60.8. The summed E-state index contributed by atoms with van der Waals surface area (Å²) >= 11 is 1.70. The summed E-state index contributed by atoms with van der Waals surface area (Å²) in [5.74, 6) is -0.926. The van der Waals surface area contributed by atoms with E-state index >= 15 is 0 Å². The molecule has 2 aromatic heterocycles. The Balaban J connectivity index is 0.000000644. The molecule has 0 unspecified atom stereocenters. The Morgan fingerprint density at radius 3 is 2.32 bits per heavy atom. The number of piperazine rings is 1. The molecule has 0 saturated carbocycles. The second kappa shape index (κ2) is 15.8. The van der Waals surface area contributed by atoms with Gasteiger partial charge in [-0.2, -0.15) is 29.9 Å². The highest BCUT2D eigenvalue weighted by Crippen LogP contribution is 2.23. The van der Waals surface area contributed by atoms with Crippen LogP contribution < -0.4 is 15.8 Å². The number of rotatable bonds is 10. The molecule has 0 bridgehead atoms. The highest BCUT2D eigenvalue weighted by atomic mass is 32.2. The number of aryl methyl sites for hydroxylation is 1. The van der Waals surface area contributed by atoms with Gasteiger partial charge in [-0.3, -0.25) is 19.0 Å². The largest absolute Gasteiger partial charge is 0.490 e. The predicted molar refractivity (Wildman–Crippen MR) is 174 cm³/mol. The number of amides is 2. The van der Waals surface area contributed by atoms with Gasteiger partial charge in [-0.25, -0.2) is 9.78 Å². The van der Waals surface area contributed by atoms with Crippen LogP contribution in [0.4, 0.5) is 30.5 Å². The zero-order valence-electron chi connectivity index (χ0n) is 25.8. The van der Waals surface area contributed by atoms with Crippen LogP contribution in [0, 0.1) is 5.92 Å². The van der Waals surface area contributed by atoms with Crippen LogP contribution in [0.2, 0.25) is 0 Å². The Labute approximate surface area is 273 Å². The number of hydrogen-bond donors (Lipinski definition) is 2. The molecule has 0 atom stereocenters. The molecular weight excluding hydrogens is 639 g/mol. The van der Waals surface area contributed by atoms with Crippen molar-refractivity contribution < 1.29 is 32.7 Å². The second-order valence-electron chi connectivity index (χ2n) is 11.0. The van der Waals surface area contributed by atoms with E-state index in [-0.39, 0.29) is 17.4 Å². The van der Waals surface area contributed by atoms with Crippen molar-refractivity contribution in [2.45, 2.75) is 25.6 Å². The summed E-state index contributed by atoms with van der Waals surface area (Å²) in [5, 5.41) is 11.2. The fourth-order valence-corrected chi connectivity index (χ4v) is 5.55. The third kappa shape index (κ3) is 9.47. The molecule has 16 heteroatoms. The smallest absolute Gasteiger partial charge is 0.475 e. The molecule has 4 heterocycles. The monoisotopic (exact) mass is 675 g/mol. The minimum absolute atomic E-state index is 0.0498. The van der Waals surface area contributed by atoms with Crippen LogP contribution in [-0.2, 0) is 20.9 Å². The van der Waals surface area contributed by atoms with Gasteiger partial charge in [0.15, 0.2) is 0 Å². The number of aromatic nitrogens is 3. The number of benzene rings is 1. The Kier molecular flexibility index (Phi) is 11.9. The van der Waals surface area contributed by atoms with E-state index in [0.29, 0.717) is 43.6 Å². The van der Waals surface area contributed by atoms with Crippen LogP contribution in [0.15, 0.2) is 60.0 Å². The van der Waals surface area contributed by atoms with Crippen LogP contribution in [0.5, 0.6) is 0 Å². The number of carbonyl (C=O) groups is 3. The lowest BCUT2D eigenvalue weighted by molar-refractivity contribution is -0.192. The van der Waals surface area contributed by atoms with E-state index in [4.69, 9.17) is 9.90 Å². The van der Waals surface area contributed by atoms with Gasteiger partial charge in [-0.1, -0.05) is 6.58 Å². The lowest BCUT2D eigenvalue weighted by atomic mass is 9.96. The van der Waals surface area contributed by atoms with Gasteiger partial charge in [0.1, 0.15) is 5.65 Å². The zero-order chi connectivity index (χ0) is 34.1. The highest BCUT2D eigenvalue weighted by molar-refractivity contribution is 7.98. The number of anilines is 3. The van der Waals surface area contributed by atoms with Crippen LogP contribution in [0.1, 0.15) is 12.8 Å². The summed E-state index contributed by atoms with van der Waals surface area (Å²) in [7, 11) is 0. The van der Waals surface area contributed by atoms with E-state index in [2.05, 4.69) is 38.9 Å². The summed E-state index contributed by atoms with van der Waals surface area (Å²) in [6.07, 6.45) is 1.39. The predicted octanol–water partition coefficient (Wildman–Crippen LogP) is 3.60. The van der Waals surface area contributed by atoms with Crippen molar-refractivity contribution in [2.24, 2.45) is 5.92 Å². The number of halogens is 3. The van der Waals surface area contributed by atoms with E-state index in [1.807, 2.05) is 23.3 Å². The van der Waals surface area contributed by atoms with Gasteiger partial charge in [-0.15, -0.1) is 0 Å². The average Bonchev–Trinajstić information content (AvgIpc) is 3.03. The van der Waals surface area contributed by atoms with Gasteiger partial charge >= 0.3 is 12.1 Å². The number of nitrogens with zero attached hydrogens (tertiary/aromatic N) is 6. The molecule has 12 nitrogen and oxygen atoms in total. The summed E-state index contributed by atoms with van der Waals surface area (Å²) in [6.45, 7) is 8.55. The number of nitrogens with one attached hydrogen (secondary N) is 1. The molecule has 3 aromatic rings. The Hall–Kier alpha value is -4.60. The maximum atomic E-state index is 12.7. The lowest BCUT2D eigenvalue weighted by Crippen LogP contribution is -2.49. The third-order valence-electron chi connectivity index (χ3n) is 7.81. The summed E-state index contributed by atoms with van der Waals surface area (Å²) in [5.41, 5.74) is 2.44. The maximum Gasteiger partial charge on any atom is 0.490 e. The molecule has 0 spiro atoms. The minimum Gasteiger partial charge on any atom is -0.475 e. The molecule has 0 aliphatic carbocycles. The van der Waals surface area contributed by atoms with Gasteiger partial charge in [0.2, 0.25) is 17.8 Å². The van der Waals surface area contributed by atoms with Crippen LogP contribution in [0.3, 0.4) is 0 Å². The van der Waals surface area contributed by atoms with E-state index < -0.39 is 12.1 Å². The van der Waals surface area contributed by atoms with Crippen molar-refractivity contribution >= 4 is 57.9 Å². The van der Waals surface area contributed by atoms with E-state index in [9.17, 15) is 27.6 Å². The molecule has 47 heavy (non-hydrogen) atoms. The number of thioether (sulfide) groups is 1. The minimum atomic E-state index is -5.08. The molecule has 1 aromatic carbocycles. The number of carboxylic acids is 1. The van der Waals surface area contributed by atoms with Crippen LogP contribution in [0.25, 0.3) is 11.0 Å². The zero-order valence-corrected chi connectivity index (χ0v) is 26.6. The first-order valence-electron chi connectivity index (χ1n) is 14.9. The first-order chi connectivity index (χ1) is 22.4. The van der Waals surface area contributed by atoms with Gasteiger partial charge in [0.25, 0.3) is 5.56 Å². The highest BCUT2D eigenvalue weighted by Gasteiger charge is 2.38. The van der Waals surface area contributed by atoms with Crippen molar-refractivity contribution in [2.75, 3.05) is 61.5 Å². The number of pyridine rings is 1. The van der Waals surface area contributed by atoms with Crippen molar-refractivity contribution in [1.82, 2.24) is 24.3 Å². The number of aliphatic carboxylic acids is 1. The SMILES string of the molecule is C=CC(=O)N1CC(CCn2c(=O)ccc3cnc(Nc4ccc(N5CCN(C(=O)CCSC)CC5)cc4)nc32)C1.O=C(O)C(F)(F)F. The number of likely N-dealkylation sites (tertiary alicyclic amines) is 1. The molecule has 2 aliphatic heterocycles. The van der Waals surface area contributed by atoms with Crippen molar-refractivity contribution in [3.63, 3.8) is 0 Å². The second-order valence-corrected chi connectivity index (χ2v) is 12.0. The van der Waals surface area contributed by atoms with Crippen LogP contribution >= 0.6 is 11.8 Å². The van der Waals surface area contributed by atoms with Crippen molar-refractivity contribution in [3.8, 4) is 0 Å². The molecule has 2 aliphatic rings. The molecule has 0 radical (unpaired) electrons. The normalized spacial score (nSPS) is 15.0. The number of fused-ring (bicyclic) bond motifs is 1. The third-order valence-corrected chi connectivity index (χ3v) is 8.42. The fourth-order valence-electron chi connectivity index (χ4n) is 5.17. The standard InChI is InChI=1S/C29H35N7O3S.C2HF3O2/c1-3-25(37)35-19-21(20-35)10-12-36-27(39)9-4-22-18-30-29(32-28(22)36)31-23-5-7-24(8-6-23)33-13-15-34(16-14-33)26(38)11-17-40-2;3-2(4,5)1(6)7/h3-9,18,21H,1,10-17,19-20H2,2H3,(H,30,31,32);(H,6,7). The molecule has 5 rings (SSSR count). The van der Waals surface area contributed by atoms with E-state index in [0.717, 1.165) is 55.1 Å². The summed E-state index contributed by atoms with van der Waals surface area (Å²) < 4.78 is 33.4. The Bertz CT molecular complexity index is 1640. The molecule has 2 saturated heterocycles. The van der Waals surface area contributed by atoms with Gasteiger partial charge in [-0.05, 0) is 55.0 Å². The Morgan fingerprint density at radius 2 is 1.72 bits per heavy atom. The number of hydrogen-bond acceptors (Lipinski definition) is 9. The van der Waals surface area contributed by atoms with Gasteiger partial charge in [0.05, 0.1) is 0 Å². The molecular formula is C31H36F3N7O5S. The van der Waals surface area contributed by atoms with Gasteiger partial charge < -0.3 is 25.1 Å². The topological polar surface area (TPSA) is 141 Å². The molecule has 2 fully saturated rings.